The number of nitrogens with two attached hydrogens (primary N) is 1. The van der Waals surface area contributed by atoms with Crippen molar-refractivity contribution in [3.8, 4) is 5.75 Å². The van der Waals surface area contributed by atoms with Crippen LogP contribution in [0.2, 0.25) is 0 Å². The second-order valence-electron chi connectivity index (χ2n) is 4.77. The highest BCUT2D eigenvalue weighted by atomic mass is 16.5. The molecule has 1 aliphatic rings. The van der Waals surface area contributed by atoms with Gasteiger partial charge in [-0.15, -0.1) is 0 Å². The van der Waals surface area contributed by atoms with Crippen LogP contribution >= 0.6 is 0 Å². The van der Waals surface area contributed by atoms with E-state index in [0.717, 1.165) is 30.0 Å². The van der Waals surface area contributed by atoms with Gasteiger partial charge in [0.2, 0.25) is 0 Å². The van der Waals surface area contributed by atoms with E-state index < -0.39 is 0 Å². The molecule has 1 heterocycles. The quantitative estimate of drug-likeness (QED) is 0.378. The SMILES string of the molecule is CCC1CCCN1c1cc(OC)ccc1/C(N)=N/O. The topological polar surface area (TPSA) is 71.1 Å². The molecule has 5 heteroatoms. The standard InChI is InChI=1S/C14H21N3O2/c1-3-10-5-4-8-17(10)13-9-11(19-2)6-7-12(13)14(15)16-18/h6-7,9-10,18H,3-5,8H2,1-2H3,(H2,15,16). The zero-order valence-corrected chi connectivity index (χ0v) is 11.5. The molecule has 2 rings (SSSR count). The molecule has 1 fully saturated rings. The molecular weight excluding hydrogens is 242 g/mol. The Kier molecular flexibility index (Phi) is 4.14. The van der Waals surface area contributed by atoms with E-state index in [2.05, 4.69) is 17.0 Å². The Morgan fingerprint density at radius 3 is 3.00 bits per heavy atom. The molecule has 0 radical (unpaired) electrons. The van der Waals surface area contributed by atoms with E-state index in [9.17, 15) is 0 Å². The second kappa shape index (κ2) is 5.82. The molecule has 0 amide bonds. The molecule has 0 bridgehead atoms. The van der Waals surface area contributed by atoms with Crippen LogP contribution in [0, 0.1) is 0 Å². The summed E-state index contributed by atoms with van der Waals surface area (Å²) >= 11 is 0. The van der Waals surface area contributed by atoms with Gasteiger partial charge in [-0.2, -0.15) is 0 Å². The van der Waals surface area contributed by atoms with Gasteiger partial charge in [-0.25, -0.2) is 0 Å². The lowest BCUT2D eigenvalue weighted by Crippen LogP contribution is -2.31. The molecule has 19 heavy (non-hydrogen) atoms. The molecule has 1 aromatic carbocycles. The minimum absolute atomic E-state index is 0.138. The van der Waals surface area contributed by atoms with Crippen LogP contribution < -0.4 is 15.4 Å². The maximum Gasteiger partial charge on any atom is 0.172 e. The average Bonchev–Trinajstić information content (AvgIpc) is 2.94. The molecule has 3 N–H and O–H groups in total. The summed E-state index contributed by atoms with van der Waals surface area (Å²) in [6, 6.07) is 6.14. The summed E-state index contributed by atoms with van der Waals surface area (Å²) < 4.78 is 5.28. The Balaban J connectivity index is 2.46. The predicted molar refractivity (Wildman–Crippen MR) is 76.2 cm³/mol. The molecule has 0 saturated carbocycles. The Hall–Kier alpha value is -1.91. The molecule has 0 spiro atoms. The zero-order chi connectivity index (χ0) is 13.8. The fraction of sp³-hybridized carbons (Fsp3) is 0.500. The molecule has 1 atom stereocenters. The van der Waals surface area contributed by atoms with E-state index in [-0.39, 0.29) is 5.84 Å². The van der Waals surface area contributed by atoms with Crippen molar-refractivity contribution >= 4 is 11.5 Å². The Morgan fingerprint density at radius 1 is 1.58 bits per heavy atom. The maximum absolute atomic E-state index is 8.92. The van der Waals surface area contributed by atoms with Gasteiger partial charge in [-0.05, 0) is 31.4 Å². The van der Waals surface area contributed by atoms with Crippen LogP contribution in [0.4, 0.5) is 5.69 Å². The summed E-state index contributed by atoms with van der Waals surface area (Å²) in [6.45, 7) is 3.18. The highest BCUT2D eigenvalue weighted by molar-refractivity contribution is 6.02. The number of benzene rings is 1. The Bertz CT molecular complexity index is 474. The molecule has 1 aromatic rings. The second-order valence-corrected chi connectivity index (χ2v) is 4.77. The van der Waals surface area contributed by atoms with Gasteiger partial charge in [0.15, 0.2) is 5.84 Å². The van der Waals surface area contributed by atoms with Crippen molar-refractivity contribution in [1.82, 2.24) is 0 Å². The van der Waals surface area contributed by atoms with E-state index in [1.807, 2.05) is 18.2 Å². The highest BCUT2D eigenvalue weighted by Gasteiger charge is 2.26. The molecular formula is C14H21N3O2. The summed E-state index contributed by atoms with van der Waals surface area (Å²) in [6.07, 6.45) is 3.45. The van der Waals surface area contributed by atoms with Gasteiger partial charge in [-0.3, -0.25) is 0 Å². The van der Waals surface area contributed by atoms with Crippen molar-refractivity contribution in [2.45, 2.75) is 32.2 Å². The molecule has 104 valence electrons. The third-order valence-electron chi connectivity index (χ3n) is 3.75. The summed E-state index contributed by atoms with van der Waals surface area (Å²) in [7, 11) is 1.64. The summed E-state index contributed by atoms with van der Waals surface area (Å²) in [5.41, 5.74) is 7.51. The van der Waals surface area contributed by atoms with Crippen LogP contribution in [0.15, 0.2) is 23.4 Å². The number of anilines is 1. The van der Waals surface area contributed by atoms with Crippen LogP contribution in [-0.4, -0.2) is 30.7 Å². The van der Waals surface area contributed by atoms with Crippen molar-refractivity contribution in [3.05, 3.63) is 23.8 Å². The first-order chi connectivity index (χ1) is 9.21. The normalized spacial score (nSPS) is 19.8. The van der Waals surface area contributed by atoms with Gasteiger partial charge >= 0.3 is 0 Å². The van der Waals surface area contributed by atoms with Crippen LogP contribution in [0.1, 0.15) is 31.7 Å². The van der Waals surface area contributed by atoms with Crippen LogP contribution in [0.5, 0.6) is 5.75 Å². The molecule has 1 unspecified atom stereocenters. The number of hydrogen-bond acceptors (Lipinski definition) is 4. The third kappa shape index (κ3) is 2.59. The molecule has 5 nitrogen and oxygen atoms in total. The zero-order valence-electron chi connectivity index (χ0n) is 11.5. The lowest BCUT2D eigenvalue weighted by molar-refractivity contribution is 0.318. The number of nitrogens with zero attached hydrogens (tertiary/aromatic N) is 2. The predicted octanol–water partition coefficient (Wildman–Crippen LogP) is 2.17. The van der Waals surface area contributed by atoms with Crippen molar-refractivity contribution in [3.63, 3.8) is 0 Å². The van der Waals surface area contributed by atoms with Crippen LogP contribution in [0.3, 0.4) is 0 Å². The van der Waals surface area contributed by atoms with Gasteiger partial charge in [0.1, 0.15) is 5.75 Å². The lowest BCUT2D eigenvalue weighted by atomic mass is 10.1. The number of ether oxygens (including phenoxy) is 1. The highest BCUT2D eigenvalue weighted by Crippen LogP contribution is 2.32. The van der Waals surface area contributed by atoms with Gasteiger partial charge in [0, 0.05) is 24.2 Å². The van der Waals surface area contributed by atoms with E-state index in [0.29, 0.717) is 6.04 Å². The van der Waals surface area contributed by atoms with Crippen LogP contribution in [0.25, 0.3) is 0 Å². The van der Waals surface area contributed by atoms with E-state index in [1.165, 1.54) is 12.8 Å². The largest absolute Gasteiger partial charge is 0.497 e. The average molecular weight is 263 g/mol. The fourth-order valence-corrected chi connectivity index (χ4v) is 2.72. The van der Waals surface area contributed by atoms with Crippen molar-refractivity contribution in [1.29, 1.82) is 0 Å². The van der Waals surface area contributed by atoms with Crippen molar-refractivity contribution in [2.24, 2.45) is 10.9 Å². The third-order valence-corrected chi connectivity index (χ3v) is 3.75. The maximum atomic E-state index is 8.92. The first-order valence-electron chi connectivity index (χ1n) is 6.63. The number of oxime groups is 1. The van der Waals surface area contributed by atoms with E-state index in [1.54, 1.807) is 7.11 Å². The molecule has 1 aliphatic heterocycles. The lowest BCUT2D eigenvalue weighted by Gasteiger charge is -2.28. The monoisotopic (exact) mass is 263 g/mol. The number of methoxy groups -OCH3 is 1. The number of rotatable bonds is 4. The summed E-state index contributed by atoms with van der Waals surface area (Å²) in [4.78, 5) is 2.33. The van der Waals surface area contributed by atoms with Gasteiger partial charge in [0.05, 0.1) is 12.8 Å². The van der Waals surface area contributed by atoms with Crippen molar-refractivity contribution in [2.75, 3.05) is 18.6 Å². The first-order valence-corrected chi connectivity index (χ1v) is 6.63. The minimum atomic E-state index is 0.138. The summed E-state index contributed by atoms with van der Waals surface area (Å²) in [5, 5.41) is 12.0. The Morgan fingerprint density at radius 2 is 2.37 bits per heavy atom. The molecule has 1 saturated heterocycles. The summed E-state index contributed by atoms with van der Waals surface area (Å²) in [5.74, 6) is 0.922. The number of hydrogen-bond donors (Lipinski definition) is 2. The smallest absolute Gasteiger partial charge is 0.172 e. The van der Waals surface area contributed by atoms with E-state index >= 15 is 0 Å². The first kappa shape index (κ1) is 13.5. The van der Waals surface area contributed by atoms with Gasteiger partial charge < -0.3 is 20.6 Å². The van der Waals surface area contributed by atoms with Crippen LogP contribution in [-0.2, 0) is 0 Å². The molecule has 0 aliphatic carbocycles. The minimum Gasteiger partial charge on any atom is -0.497 e. The number of amidine groups is 1. The van der Waals surface area contributed by atoms with Gasteiger partial charge in [0.25, 0.3) is 0 Å². The Labute approximate surface area is 113 Å². The van der Waals surface area contributed by atoms with Crippen molar-refractivity contribution < 1.29 is 9.94 Å². The van der Waals surface area contributed by atoms with E-state index in [4.69, 9.17) is 15.7 Å². The molecule has 0 aromatic heterocycles. The fourth-order valence-electron chi connectivity index (χ4n) is 2.72. The van der Waals surface area contributed by atoms with Gasteiger partial charge in [-0.1, -0.05) is 12.1 Å².